The first-order chi connectivity index (χ1) is 14.2. The molecule has 29 heavy (non-hydrogen) atoms. The molecule has 0 radical (unpaired) electrons. The fourth-order valence-corrected chi connectivity index (χ4v) is 4.57. The van der Waals surface area contributed by atoms with Gasteiger partial charge in [0.2, 0.25) is 0 Å². The predicted molar refractivity (Wildman–Crippen MR) is 118 cm³/mol. The van der Waals surface area contributed by atoms with Crippen molar-refractivity contribution in [3.05, 3.63) is 30.1 Å². The molecular formula is C23H34N6. The van der Waals surface area contributed by atoms with Gasteiger partial charge in [-0.1, -0.05) is 25.0 Å². The van der Waals surface area contributed by atoms with Crippen molar-refractivity contribution in [3.63, 3.8) is 0 Å². The monoisotopic (exact) mass is 394 g/mol. The van der Waals surface area contributed by atoms with Gasteiger partial charge in [-0.2, -0.15) is 0 Å². The molecule has 0 bridgehead atoms. The highest BCUT2D eigenvalue weighted by Gasteiger charge is 2.26. The van der Waals surface area contributed by atoms with Gasteiger partial charge in [0.25, 0.3) is 0 Å². The van der Waals surface area contributed by atoms with Gasteiger partial charge in [0.15, 0.2) is 0 Å². The van der Waals surface area contributed by atoms with Crippen LogP contribution in [0.3, 0.4) is 0 Å². The molecule has 1 saturated heterocycles. The van der Waals surface area contributed by atoms with Gasteiger partial charge in [-0.3, -0.25) is 9.80 Å². The van der Waals surface area contributed by atoms with Crippen molar-refractivity contribution in [2.24, 2.45) is 0 Å². The summed E-state index contributed by atoms with van der Waals surface area (Å²) in [5.41, 5.74) is 0.952. The number of aromatic nitrogens is 2. The highest BCUT2D eigenvalue weighted by molar-refractivity contribution is 5.88. The van der Waals surface area contributed by atoms with Gasteiger partial charge in [-0.05, 0) is 39.9 Å². The topological polar surface area (TPSA) is 47.5 Å². The summed E-state index contributed by atoms with van der Waals surface area (Å²) in [6.45, 7) is 7.36. The molecule has 2 fully saturated rings. The van der Waals surface area contributed by atoms with E-state index in [1.807, 2.05) is 12.1 Å². The summed E-state index contributed by atoms with van der Waals surface area (Å²) in [4.78, 5) is 17.1. The van der Waals surface area contributed by atoms with Crippen molar-refractivity contribution in [2.45, 2.75) is 44.7 Å². The summed E-state index contributed by atoms with van der Waals surface area (Å²) in [6.07, 6.45) is 6.69. The van der Waals surface area contributed by atoms with Crippen LogP contribution < -0.4 is 5.32 Å². The van der Waals surface area contributed by atoms with Crippen LogP contribution in [-0.2, 0) is 6.54 Å². The molecule has 2 heterocycles. The Labute approximate surface area is 175 Å². The second-order valence-corrected chi connectivity index (χ2v) is 8.70. The van der Waals surface area contributed by atoms with E-state index in [1.54, 1.807) is 0 Å². The van der Waals surface area contributed by atoms with Gasteiger partial charge in [0, 0.05) is 50.9 Å². The van der Waals surface area contributed by atoms with Crippen LogP contribution in [-0.4, -0.2) is 84.1 Å². The van der Waals surface area contributed by atoms with Gasteiger partial charge in [0.05, 0.1) is 17.4 Å². The van der Waals surface area contributed by atoms with Crippen LogP contribution in [0.15, 0.2) is 12.1 Å². The third kappa shape index (κ3) is 5.36. The molecule has 2 aliphatic rings. The number of rotatable bonds is 8. The summed E-state index contributed by atoms with van der Waals surface area (Å²) >= 11 is 0. The van der Waals surface area contributed by atoms with E-state index in [0.29, 0.717) is 0 Å². The number of piperazine rings is 1. The highest BCUT2D eigenvalue weighted by atomic mass is 15.3. The standard InChI is InChI=1S/C23H34N6/c1-27(2)13-7-12-24-23-20-10-5-6-11-21(20)25-22(26-23)18-28-14-16-29(17-15-28)19-8-3-4-9-19/h10-11,19H,3-4,7-9,12-18H2,1-2H3,(H,24,25,26). The Balaban J connectivity index is 1.39. The van der Waals surface area contributed by atoms with Crippen LogP contribution >= 0.6 is 0 Å². The Morgan fingerprint density at radius 1 is 1.07 bits per heavy atom. The molecule has 1 aromatic carbocycles. The quantitative estimate of drug-likeness (QED) is 0.695. The first-order valence-electron chi connectivity index (χ1n) is 11.1. The van der Waals surface area contributed by atoms with Crippen LogP contribution in [0.5, 0.6) is 0 Å². The van der Waals surface area contributed by atoms with Gasteiger partial charge in [-0.25, -0.2) is 9.97 Å². The molecule has 0 atom stereocenters. The van der Waals surface area contributed by atoms with Crippen LogP contribution in [0.4, 0.5) is 5.82 Å². The Hall–Kier alpha value is -1.94. The number of nitrogens with one attached hydrogen (secondary N) is 1. The minimum atomic E-state index is 0.819. The van der Waals surface area contributed by atoms with Crippen molar-refractivity contribution in [1.29, 1.82) is 0 Å². The van der Waals surface area contributed by atoms with Gasteiger partial charge < -0.3 is 10.2 Å². The summed E-state index contributed by atoms with van der Waals surface area (Å²) in [7, 11) is 4.21. The molecule has 2 aromatic rings. The zero-order valence-corrected chi connectivity index (χ0v) is 18.0. The van der Waals surface area contributed by atoms with E-state index in [-0.39, 0.29) is 0 Å². The molecule has 1 aliphatic carbocycles. The minimum Gasteiger partial charge on any atom is -0.369 e. The smallest absolute Gasteiger partial charge is 0.145 e. The molecule has 6 heteroatoms. The maximum absolute atomic E-state index is 4.88. The predicted octanol–water partition coefficient (Wildman–Crippen LogP) is 2.65. The average Bonchev–Trinajstić information content (AvgIpc) is 3.26. The Morgan fingerprint density at radius 2 is 1.83 bits per heavy atom. The molecule has 0 spiro atoms. The van der Waals surface area contributed by atoms with E-state index >= 15 is 0 Å². The summed E-state index contributed by atoms with van der Waals surface area (Å²) < 4.78 is 0. The number of nitrogens with zero attached hydrogens (tertiary/aromatic N) is 5. The van der Waals surface area contributed by atoms with Crippen molar-refractivity contribution < 1.29 is 0 Å². The second-order valence-electron chi connectivity index (χ2n) is 8.70. The first kappa shape index (κ1) is 20.3. The van der Waals surface area contributed by atoms with Crippen molar-refractivity contribution in [2.75, 3.05) is 58.7 Å². The second kappa shape index (κ2) is 9.71. The molecule has 1 N–H and O–H groups in total. The van der Waals surface area contributed by atoms with Crippen LogP contribution in [0.1, 0.15) is 37.9 Å². The lowest BCUT2D eigenvalue weighted by atomic mass is 10.2. The maximum atomic E-state index is 4.88. The molecule has 156 valence electrons. The van der Waals surface area contributed by atoms with Crippen LogP contribution in [0.25, 0.3) is 10.9 Å². The van der Waals surface area contributed by atoms with E-state index in [4.69, 9.17) is 9.97 Å². The fourth-order valence-electron chi connectivity index (χ4n) is 4.57. The van der Waals surface area contributed by atoms with Crippen LogP contribution in [0, 0.1) is 12.1 Å². The van der Waals surface area contributed by atoms with Crippen molar-refractivity contribution >= 4 is 16.7 Å². The zero-order valence-electron chi connectivity index (χ0n) is 18.0. The van der Waals surface area contributed by atoms with E-state index in [1.165, 1.54) is 38.8 Å². The van der Waals surface area contributed by atoms with Crippen molar-refractivity contribution in [1.82, 2.24) is 24.7 Å². The molecule has 4 rings (SSSR count). The number of anilines is 1. The molecule has 1 saturated carbocycles. The average molecular weight is 395 g/mol. The highest BCUT2D eigenvalue weighted by Crippen LogP contribution is 2.25. The SMILES string of the molecule is CN(C)CCCNc1nc(CN2CCN(C3CCCC3)CC2)nc2cc#ccc12. The van der Waals surface area contributed by atoms with E-state index < -0.39 is 0 Å². The normalized spacial score (nSPS) is 19.1. The molecule has 1 aliphatic heterocycles. The minimum absolute atomic E-state index is 0.819. The Morgan fingerprint density at radius 3 is 2.59 bits per heavy atom. The lowest BCUT2D eigenvalue weighted by molar-refractivity contribution is 0.0922. The van der Waals surface area contributed by atoms with E-state index in [0.717, 1.165) is 67.7 Å². The Kier molecular flexibility index (Phi) is 6.81. The fraction of sp³-hybridized carbons (Fsp3) is 0.652. The molecule has 6 nitrogen and oxygen atoms in total. The molecule has 1 aromatic heterocycles. The molecular weight excluding hydrogens is 360 g/mol. The van der Waals surface area contributed by atoms with Gasteiger partial charge in [-0.15, -0.1) is 0 Å². The molecule has 0 amide bonds. The molecule has 0 unspecified atom stereocenters. The third-order valence-electron chi connectivity index (χ3n) is 6.22. The summed E-state index contributed by atoms with van der Waals surface area (Å²) in [5, 5.41) is 4.56. The lowest BCUT2D eigenvalue weighted by Crippen LogP contribution is -2.49. The third-order valence-corrected chi connectivity index (χ3v) is 6.22. The summed E-state index contributed by atoms with van der Waals surface area (Å²) in [5.74, 6) is 1.83. The zero-order chi connectivity index (χ0) is 20.1. The lowest BCUT2D eigenvalue weighted by Gasteiger charge is -2.37. The number of hydrogen-bond donors (Lipinski definition) is 1. The van der Waals surface area contributed by atoms with Crippen molar-refractivity contribution in [3.8, 4) is 0 Å². The Bertz CT molecular complexity index is 778. The van der Waals surface area contributed by atoms with Gasteiger partial charge in [0.1, 0.15) is 11.6 Å². The van der Waals surface area contributed by atoms with E-state index in [9.17, 15) is 0 Å². The summed E-state index contributed by atoms with van der Waals surface area (Å²) in [6, 6.07) is 10.8. The maximum Gasteiger partial charge on any atom is 0.145 e. The number of fused-ring (bicyclic) bond motifs is 1. The number of hydrogen-bond acceptors (Lipinski definition) is 6. The first-order valence-corrected chi connectivity index (χ1v) is 11.1. The van der Waals surface area contributed by atoms with Crippen LogP contribution in [0.2, 0.25) is 0 Å². The van der Waals surface area contributed by atoms with Gasteiger partial charge >= 0.3 is 0 Å². The van der Waals surface area contributed by atoms with E-state index in [2.05, 4.69) is 46.2 Å². The largest absolute Gasteiger partial charge is 0.369 e.